The highest BCUT2D eigenvalue weighted by Crippen LogP contribution is 2.26. The Morgan fingerprint density at radius 1 is 0.912 bits per heavy atom. The third-order valence-electron chi connectivity index (χ3n) is 6.10. The summed E-state index contributed by atoms with van der Waals surface area (Å²) in [5.74, 6) is -1.48. The summed E-state index contributed by atoms with van der Waals surface area (Å²) in [5.41, 5.74) is 1.67. The highest BCUT2D eigenvalue weighted by Gasteiger charge is 2.43. The first-order valence-corrected chi connectivity index (χ1v) is 12.6. The molecule has 2 aromatic carbocycles. The molecule has 8 nitrogen and oxygen atoms in total. The maximum Gasteiger partial charge on any atom is 0.329 e. The molecule has 0 radical (unpaired) electrons. The Kier molecular flexibility index (Phi) is 7.52. The number of benzene rings is 2. The van der Waals surface area contributed by atoms with Crippen molar-refractivity contribution in [2.24, 2.45) is 0 Å². The van der Waals surface area contributed by atoms with E-state index in [1.165, 1.54) is 11.8 Å². The van der Waals surface area contributed by atoms with Gasteiger partial charge >= 0.3 is 5.97 Å². The van der Waals surface area contributed by atoms with Crippen LogP contribution in [0.2, 0.25) is 0 Å². The van der Waals surface area contributed by atoms with Gasteiger partial charge in [0.25, 0.3) is 17.7 Å². The van der Waals surface area contributed by atoms with Gasteiger partial charge in [-0.25, -0.2) is 4.79 Å². The van der Waals surface area contributed by atoms with Gasteiger partial charge in [0.2, 0.25) is 0 Å². The average Bonchev–Trinajstić information content (AvgIpc) is 3.13. The van der Waals surface area contributed by atoms with Crippen molar-refractivity contribution in [2.75, 3.05) is 49.7 Å². The summed E-state index contributed by atoms with van der Waals surface area (Å²) in [4.78, 5) is 56.2. The van der Waals surface area contributed by atoms with Gasteiger partial charge < -0.3 is 14.5 Å². The van der Waals surface area contributed by atoms with E-state index in [1.807, 2.05) is 36.6 Å². The Hall–Kier alpha value is -3.33. The number of para-hydroxylation sites is 1. The average molecular weight is 482 g/mol. The van der Waals surface area contributed by atoms with Crippen LogP contribution in [0.5, 0.6) is 0 Å². The third kappa shape index (κ3) is 4.94. The van der Waals surface area contributed by atoms with Gasteiger partial charge in [0, 0.05) is 31.9 Å². The molecule has 0 aromatic heterocycles. The fraction of sp³-hybridized carbons (Fsp3) is 0.360. The van der Waals surface area contributed by atoms with E-state index < -0.39 is 30.4 Å². The van der Waals surface area contributed by atoms with Crippen molar-refractivity contribution in [2.45, 2.75) is 12.5 Å². The summed E-state index contributed by atoms with van der Waals surface area (Å²) in [6.07, 6.45) is 2.14. The van der Waals surface area contributed by atoms with Crippen molar-refractivity contribution in [1.29, 1.82) is 0 Å². The summed E-state index contributed by atoms with van der Waals surface area (Å²) in [7, 11) is 0. The monoisotopic (exact) mass is 481 g/mol. The van der Waals surface area contributed by atoms with Crippen LogP contribution in [0.3, 0.4) is 0 Å². The SMILES string of the molecule is CSCC[C@H](C(=O)OCC(=O)N1CCN(c2ccccc2)CC1)N1C(=O)c2ccccc2C1=O. The van der Waals surface area contributed by atoms with Crippen molar-refractivity contribution in [1.82, 2.24) is 9.80 Å². The number of amides is 3. The number of nitrogens with zero attached hydrogens (tertiary/aromatic N) is 3. The molecule has 0 saturated carbocycles. The molecule has 2 aliphatic rings. The largest absolute Gasteiger partial charge is 0.454 e. The molecule has 0 spiro atoms. The van der Waals surface area contributed by atoms with Gasteiger partial charge in [-0.2, -0.15) is 11.8 Å². The van der Waals surface area contributed by atoms with E-state index in [4.69, 9.17) is 4.74 Å². The molecule has 1 atom stereocenters. The summed E-state index contributed by atoms with van der Waals surface area (Å²) in [6, 6.07) is 15.4. The molecule has 3 amide bonds. The van der Waals surface area contributed by atoms with Crippen LogP contribution in [0.15, 0.2) is 54.6 Å². The van der Waals surface area contributed by atoms with Crippen molar-refractivity contribution in [3.8, 4) is 0 Å². The lowest BCUT2D eigenvalue weighted by Gasteiger charge is -2.36. The van der Waals surface area contributed by atoms with Crippen molar-refractivity contribution < 1.29 is 23.9 Å². The minimum atomic E-state index is -1.07. The zero-order chi connectivity index (χ0) is 24.1. The number of ether oxygens (including phenoxy) is 1. The minimum absolute atomic E-state index is 0.259. The van der Waals surface area contributed by atoms with Gasteiger partial charge in [-0.15, -0.1) is 0 Å². The summed E-state index contributed by atoms with van der Waals surface area (Å²) < 4.78 is 5.34. The predicted molar refractivity (Wildman–Crippen MR) is 130 cm³/mol. The van der Waals surface area contributed by atoms with Gasteiger partial charge in [-0.05, 0) is 42.7 Å². The Morgan fingerprint density at radius 2 is 1.50 bits per heavy atom. The lowest BCUT2D eigenvalue weighted by Crippen LogP contribution is -2.50. The fourth-order valence-corrected chi connectivity index (χ4v) is 4.70. The standard InChI is InChI=1S/C25H27N3O5S/c1-34-16-11-21(28-23(30)19-9-5-6-10-20(19)24(28)31)25(32)33-17-22(29)27-14-12-26(13-15-27)18-7-3-2-4-8-18/h2-10,21H,11-17H2,1H3/t21-/m1/s1. The molecule has 0 unspecified atom stereocenters. The number of carbonyl (C=O) groups is 4. The molecule has 2 aromatic rings. The number of imide groups is 1. The van der Waals surface area contributed by atoms with Gasteiger partial charge in [-0.3, -0.25) is 19.3 Å². The van der Waals surface area contributed by atoms with Crippen LogP contribution in [0, 0.1) is 0 Å². The number of anilines is 1. The normalized spacial score (nSPS) is 16.4. The Labute approximate surface area is 202 Å². The second-order valence-corrected chi connectivity index (χ2v) is 9.12. The molecule has 34 heavy (non-hydrogen) atoms. The first-order valence-electron chi connectivity index (χ1n) is 11.2. The number of thioether (sulfide) groups is 1. The first kappa shape index (κ1) is 23.8. The van der Waals surface area contributed by atoms with Crippen LogP contribution in [-0.2, 0) is 14.3 Å². The second-order valence-electron chi connectivity index (χ2n) is 8.13. The Bertz CT molecular complexity index is 1030. The van der Waals surface area contributed by atoms with E-state index >= 15 is 0 Å². The Balaban J connectivity index is 1.35. The molecule has 0 bridgehead atoms. The maximum atomic E-state index is 12.9. The van der Waals surface area contributed by atoms with Gasteiger partial charge in [0.1, 0.15) is 6.04 Å². The van der Waals surface area contributed by atoms with Crippen LogP contribution >= 0.6 is 11.8 Å². The zero-order valence-corrected chi connectivity index (χ0v) is 19.8. The van der Waals surface area contributed by atoms with Gasteiger partial charge in [0.15, 0.2) is 6.61 Å². The molecule has 9 heteroatoms. The maximum absolute atomic E-state index is 12.9. The molecule has 0 N–H and O–H groups in total. The highest BCUT2D eigenvalue weighted by molar-refractivity contribution is 7.98. The minimum Gasteiger partial charge on any atom is -0.454 e. The molecule has 2 heterocycles. The van der Waals surface area contributed by atoms with Crippen molar-refractivity contribution in [3.05, 3.63) is 65.7 Å². The number of esters is 1. The van der Waals surface area contributed by atoms with Crippen molar-refractivity contribution in [3.63, 3.8) is 0 Å². The van der Waals surface area contributed by atoms with E-state index in [9.17, 15) is 19.2 Å². The molecule has 1 saturated heterocycles. The summed E-state index contributed by atoms with van der Waals surface area (Å²) >= 11 is 1.50. The van der Waals surface area contributed by atoms with Crippen LogP contribution in [0.25, 0.3) is 0 Å². The van der Waals surface area contributed by atoms with Crippen LogP contribution in [0.4, 0.5) is 5.69 Å². The summed E-state index contributed by atoms with van der Waals surface area (Å²) in [5, 5.41) is 0. The third-order valence-corrected chi connectivity index (χ3v) is 6.74. The van der Waals surface area contributed by atoms with E-state index in [1.54, 1.807) is 29.2 Å². The first-order chi connectivity index (χ1) is 16.5. The molecule has 1 fully saturated rings. The quantitative estimate of drug-likeness (QED) is 0.422. The van der Waals surface area contributed by atoms with Gasteiger partial charge in [-0.1, -0.05) is 30.3 Å². The number of hydrogen-bond acceptors (Lipinski definition) is 7. The topological polar surface area (TPSA) is 87.2 Å². The van der Waals surface area contributed by atoms with Gasteiger partial charge in [0.05, 0.1) is 11.1 Å². The van der Waals surface area contributed by atoms with E-state index in [0.29, 0.717) is 31.9 Å². The molecule has 178 valence electrons. The van der Waals surface area contributed by atoms with E-state index in [0.717, 1.165) is 10.6 Å². The second kappa shape index (κ2) is 10.7. The Morgan fingerprint density at radius 3 is 2.09 bits per heavy atom. The number of fused-ring (bicyclic) bond motifs is 1. The predicted octanol–water partition coefficient (Wildman–Crippen LogP) is 2.30. The van der Waals surface area contributed by atoms with E-state index in [-0.39, 0.29) is 23.5 Å². The number of rotatable bonds is 8. The number of piperazine rings is 1. The van der Waals surface area contributed by atoms with E-state index in [2.05, 4.69) is 4.90 Å². The molecular formula is C25H27N3O5S. The lowest BCUT2D eigenvalue weighted by atomic mass is 10.1. The van der Waals surface area contributed by atoms with Crippen LogP contribution in [0.1, 0.15) is 27.1 Å². The smallest absolute Gasteiger partial charge is 0.329 e. The number of carbonyl (C=O) groups excluding carboxylic acids is 4. The summed E-state index contributed by atoms with van der Waals surface area (Å²) in [6.45, 7) is 2.02. The molecular weight excluding hydrogens is 454 g/mol. The van der Waals surface area contributed by atoms with Crippen molar-refractivity contribution >= 4 is 41.1 Å². The lowest BCUT2D eigenvalue weighted by molar-refractivity contribution is -0.155. The highest BCUT2D eigenvalue weighted by atomic mass is 32.2. The molecule has 2 aliphatic heterocycles. The fourth-order valence-electron chi connectivity index (χ4n) is 4.25. The molecule has 0 aliphatic carbocycles. The zero-order valence-electron chi connectivity index (χ0n) is 19.0. The number of hydrogen-bond donors (Lipinski definition) is 0. The molecule has 4 rings (SSSR count). The van der Waals surface area contributed by atoms with Crippen LogP contribution in [-0.4, -0.2) is 84.3 Å². The van der Waals surface area contributed by atoms with Crippen LogP contribution < -0.4 is 4.90 Å².